The molecule has 0 aliphatic carbocycles. The molecule has 0 bridgehead atoms. The van der Waals surface area contributed by atoms with Gasteiger partial charge in [-0.25, -0.2) is 9.78 Å². The molecule has 0 saturated heterocycles. The van der Waals surface area contributed by atoms with Crippen molar-refractivity contribution in [1.29, 1.82) is 0 Å². The van der Waals surface area contributed by atoms with E-state index in [4.69, 9.17) is 26.1 Å². The summed E-state index contributed by atoms with van der Waals surface area (Å²) >= 11 is 7.80. The molecule has 0 radical (unpaired) electrons. The number of esters is 1. The second-order valence-electron chi connectivity index (χ2n) is 6.93. The van der Waals surface area contributed by atoms with Crippen molar-refractivity contribution < 1.29 is 19.1 Å². The highest BCUT2D eigenvalue weighted by molar-refractivity contribution is 7.13. The Kier molecular flexibility index (Phi) is 6.25. The quantitative estimate of drug-likeness (QED) is 0.477. The molecule has 8 heteroatoms. The van der Waals surface area contributed by atoms with Crippen LogP contribution in [0.4, 0.5) is 5.69 Å². The van der Waals surface area contributed by atoms with E-state index in [2.05, 4.69) is 0 Å². The van der Waals surface area contributed by atoms with Crippen molar-refractivity contribution in [2.75, 3.05) is 18.1 Å². The number of aromatic nitrogens is 1. The van der Waals surface area contributed by atoms with Crippen molar-refractivity contribution in [3.63, 3.8) is 0 Å². The zero-order chi connectivity index (χ0) is 22.0. The van der Waals surface area contributed by atoms with E-state index >= 15 is 0 Å². The molecule has 1 amide bonds. The molecule has 2 aromatic carbocycles. The Bertz CT molecular complexity index is 1130. The van der Waals surface area contributed by atoms with Crippen LogP contribution >= 0.6 is 22.9 Å². The minimum atomic E-state index is -0.709. The van der Waals surface area contributed by atoms with Crippen molar-refractivity contribution >= 4 is 40.5 Å². The Morgan fingerprint density at radius 1 is 1.29 bits per heavy atom. The SMILES string of the molecule is CCOC(=O)C(CC)N1C(=O)COc2ccc(-c3csc(-c4ccccc4Cl)n3)cc21. The molecule has 0 fully saturated rings. The maximum atomic E-state index is 12.7. The predicted molar refractivity (Wildman–Crippen MR) is 122 cm³/mol. The van der Waals surface area contributed by atoms with E-state index in [0.29, 0.717) is 22.9 Å². The van der Waals surface area contributed by atoms with Gasteiger partial charge in [0.2, 0.25) is 0 Å². The summed E-state index contributed by atoms with van der Waals surface area (Å²) < 4.78 is 10.8. The van der Waals surface area contributed by atoms with Crippen molar-refractivity contribution in [3.05, 3.63) is 52.9 Å². The maximum Gasteiger partial charge on any atom is 0.329 e. The first kappa shape index (κ1) is 21.3. The molecule has 4 rings (SSSR count). The molecular weight excluding hydrogens is 436 g/mol. The van der Waals surface area contributed by atoms with Crippen LogP contribution in [0.25, 0.3) is 21.8 Å². The van der Waals surface area contributed by atoms with Gasteiger partial charge in [-0.2, -0.15) is 0 Å². The number of hydrogen-bond donors (Lipinski definition) is 0. The van der Waals surface area contributed by atoms with Crippen LogP contribution in [0.3, 0.4) is 0 Å². The fraction of sp³-hybridized carbons (Fsp3) is 0.261. The van der Waals surface area contributed by atoms with Crippen LogP contribution in [0.1, 0.15) is 20.3 Å². The summed E-state index contributed by atoms with van der Waals surface area (Å²) in [5, 5.41) is 3.39. The number of amides is 1. The second-order valence-corrected chi connectivity index (χ2v) is 8.19. The average Bonchev–Trinajstić information content (AvgIpc) is 3.26. The van der Waals surface area contributed by atoms with Gasteiger partial charge in [0.25, 0.3) is 5.91 Å². The standard InChI is InChI=1S/C23H21ClN2O4S/c1-3-18(23(28)29-4-2)26-19-11-14(9-10-20(19)30-12-21(26)27)17-13-31-22(25-17)15-7-5-6-8-16(15)24/h5-11,13,18H,3-4,12H2,1-2H3. The third-order valence-corrected chi connectivity index (χ3v) is 6.20. The number of carbonyl (C=O) groups is 2. The number of benzene rings is 2. The fourth-order valence-corrected chi connectivity index (χ4v) is 4.68. The van der Waals surface area contributed by atoms with Crippen molar-refractivity contribution in [3.8, 4) is 27.6 Å². The van der Waals surface area contributed by atoms with Gasteiger partial charge in [-0.05, 0) is 37.6 Å². The molecular formula is C23H21ClN2O4S. The Balaban J connectivity index is 1.72. The molecule has 3 aromatic rings. The topological polar surface area (TPSA) is 68.7 Å². The van der Waals surface area contributed by atoms with Crippen LogP contribution in [0.2, 0.25) is 5.02 Å². The van der Waals surface area contributed by atoms with E-state index in [1.807, 2.05) is 48.7 Å². The van der Waals surface area contributed by atoms with Crippen molar-refractivity contribution in [2.45, 2.75) is 26.3 Å². The van der Waals surface area contributed by atoms with E-state index in [1.165, 1.54) is 16.2 Å². The number of rotatable bonds is 6. The molecule has 0 saturated carbocycles. The monoisotopic (exact) mass is 456 g/mol. The number of carbonyl (C=O) groups excluding carboxylic acids is 2. The number of hydrogen-bond acceptors (Lipinski definition) is 6. The summed E-state index contributed by atoms with van der Waals surface area (Å²) in [6, 6.07) is 12.4. The Morgan fingerprint density at radius 2 is 2.10 bits per heavy atom. The highest BCUT2D eigenvalue weighted by atomic mass is 35.5. The smallest absolute Gasteiger partial charge is 0.329 e. The number of anilines is 1. The van der Waals surface area contributed by atoms with Gasteiger partial charge in [0.1, 0.15) is 16.8 Å². The normalized spacial score (nSPS) is 14.0. The van der Waals surface area contributed by atoms with E-state index in [-0.39, 0.29) is 19.1 Å². The minimum Gasteiger partial charge on any atom is -0.482 e. The number of ether oxygens (including phenoxy) is 2. The predicted octanol–water partition coefficient (Wildman–Crippen LogP) is 5.20. The summed E-state index contributed by atoms with van der Waals surface area (Å²) in [4.78, 5) is 31.4. The molecule has 31 heavy (non-hydrogen) atoms. The third kappa shape index (κ3) is 4.16. The van der Waals surface area contributed by atoms with Crippen LogP contribution in [0.5, 0.6) is 5.75 Å². The summed E-state index contributed by atoms with van der Waals surface area (Å²) in [7, 11) is 0. The first-order valence-electron chi connectivity index (χ1n) is 9.99. The van der Waals surface area contributed by atoms with Gasteiger partial charge in [-0.3, -0.25) is 9.69 Å². The van der Waals surface area contributed by atoms with Gasteiger partial charge >= 0.3 is 5.97 Å². The molecule has 1 unspecified atom stereocenters. The molecule has 160 valence electrons. The van der Waals surface area contributed by atoms with Crippen LogP contribution in [0, 0.1) is 0 Å². The lowest BCUT2D eigenvalue weighted by Gasteiger charge is -2.34. The van der Waals surface area contributed by atoms with Crippen molar-refractivity contribution in [1.82, 2.24) is 4.98 Å². The lowest BCUT2D eigenvalue weighted by atomic mass is 10.1. The molecule has 0 spiro atoms. The van der Waals surface area contributed by atoms with E-state index in [1.54, 1.807) is 13.0 Å². The third-order valence-electron chi connectivity index (χ3n) is 5.00. The average molecular weight is 457 g/mol. The lowest BCUT2D eigenvalue weighted by Crippen LogP contribution is -2.49. The van der Waals surface area contributed by atoms with Gasteiger partial charge in [0, 0.05) is 16.5 Å². The van der Waals surface area contributed by atoms with Gasteiger partial charge in [-0.15, -0.1) is 11.3 Å². The molecule has 1 aromatic heterocycles. The second kappa shape index (κ2) is 9.08. The summed E-state index contributed by atoms with van der Waals surface area (Å²) in [6.45, 7) is 3.74. The molecule has 1 atom stereocenters. The largest absolute Gasteiger partial charge is 0.482 e. The maximum absolute atomic E-state index is 12.7. The molecule has 2 heterocycles. The Labute approximate surface area is 189 Å². The van der Waals surface area contributed by atoms with Gasteiger partial charge in [-0.1, -0.05) is 36.7 Å². The molecule has 1 aliphatic heterocycles. The van der Waals surface area contributed by atoms with Crippen LogP contribution in [-0.4, -0.2) is 36.1 Å². The van der Waals surface area contributed by atoms with Gasteiger partial charge < -0.3 is 9.47 Å². The zero-order valence-electron chi connectivity index (χ0n) is 17.1. The first-order valence-corrected chi connectivity index (χ1v) is 11.3. The first-order chi connectivity index (χ1) is 15.0. The van der Waals surface area contributed by atoms with Crippen LogP contribution in [-0.2, 0) is 14.3 Å². The summed E-state index contributed by atoms with van der Waals surface area (Å²) in [5.74, 6) is -0.154. The summed E-state index contributed by atoms with van der Waals surface area (Å²) in [5.41, 5.74) is 2.98. The van der Waals surface area contributed by atoms with Crippen LogP contribution in [0.15, 0.2) is 47.8 Å². The number of nitrogens with zero attached hydrogens (tertiary/aromatic N) is 2. The molecule has 0 N–H and O–H groups in total. The van der Waals surface area contributed by atoms with Crippen molar-refractivity contribution in [2.24, 2.45) is 0 Å². The number of thiazole rings is 1. The van der Waals surface area contributed by atoms with Gasteiger partial charge in [0.05, 0.1) is 23.0 Å². The minimum absolute atomic E-state index is 0.115. The molecule has 6 nitrogen and oxygen atoms in total. The molecule has 1 aliphatic rings. The fourth-order valence-electron chi connectivity index (χ4n) is 3.53. The number of fused-ring (bicyclic) bond motifs is 1. The highest BCUT2D eigenvalue weighted by Gasteiger charge is 2.36. The van der Waals surface area contributed by atoms with E-state index < -0.39 is 12.0 Å². The van der Waals surface area contributed by atoms with E-state index in [0.717, 1.165) is 21.8 Å². The number of halogens is 1. The summed E-state index contributed by atoms with van der Waals surface area (Å²) in [6.07, 6.45) is 0.432. The highest BCUT2D eigenvalue weighted by Crippen LogP contribution is 2.39. The van der Waals surface area contributed by atoms with Gasteiger partial charge in [0.15, 0.2) is 6.61 Å². The van der Waals surface area contributed by atoms with E-state index in [9.17, 15) is 9.59 Å². The lowest BCUT2D eigenvalue weighted by molar-refractivity contribution is -0.146. The Morgan fingerprint density at radius 3 is 2.84 bits per heavy atom. The Hall–Kier alpha value is -2.90. The van der Waals surface area contributed by atoms with Crippen LogP contribution < -0.4 is 9.64 Å². The zero-order valence-corrected chi connectivity index (χ0v) is 18.7.